The van der Waals surface area contributed by atoms with Gasteiger partial charge in [-0.05, 0) is 45.7 Å². The summed E-state index contributed by atoms with van der Waals surface area (Å²) in [5.74, 6) is -0.865. The molecule has 3 heteroatoms. The molecule has 0 saturated carbocycles. The van der Waals surface area contributed by atoms with E-state index in [1.807, 2.05) is 0 Å². The van der Waals surface area contributed by atoms with E-state index >= 15 is 0 Å². The van der Waals surface area contributed by atoms with Gasteiger partial charge in [-0.3, -0.25) is 0 Å². The highest BCUT2D eigenvalue weighted by atomic mass is 16.4. The number of hydrogen-bond acceptors (Lipinski definition) is 2. The van der Waals surface area contributed by atoms with Crippen molar-refractivity contribution >= 4 is 5.97 Å². The lowest BCUT2D eigenvalue weighted by molar-refractivity contribution is -0.132. The molecule has 0 fully saturated rings. The number of nitrogens with zero attached hydrogens (tertiary/aromatic N) is 1. The molecule has 3 nitrogen and oxygen atoms in total. The van der Waals surface area contributed by atoms with Crippen LogP contribution < -0.4 is 0 Å². The van der Waals surface area contributed by atoms with E-state index in [2.05, 4.69) is 32.3 Å². The number of hydrogen-bond donors (Lipinski definition) is 1. The van der Waals surface area contributed by atoms with E-state index in [4.69, 9.17) is 5.11 Å². The van der Waals surface area contributed by atoms with Crippen LogP contribution in [0.2, 0.25) is 0 Å². The Morgan fingerprint density at radius 2 is 1.72 bits per heavy atom. The van der Waals surface area contributed by atoms with Gasteiger partial charge < -0.3 is 10.0 Å². The van der Waals surface area contributed by atoms with Crippen LogP contribution in [0, 0.1) is 0 Å². The normalized spacial score (nSPS) is 12.7. The van der Waals surface area contributed by atoms with Gasteiger partial charge in [0.25, 0.3) is 0 Å². The minimum absolute atomic E-state index is 0.327. The monoisotopic (exact) mass is 255 g/mol. The molecule has 18 heavy (non-hydrogen) atoms. The largest absolute Gasteiger partial charge is 0.478 e. The van der Waals surface area contributed by atoms with Crippen molar-refractivity contribution in [2.75, 3.05) is 13.1 Å². The molecule has 0 aliphatic rings. The first-order chi connectivity index (χ1) is 8.52. The van der Waals surface area contributed by atoms with Crippen molar-refractivity contribution in [3.05, 3.63) is 12.2 Å². The van der Waals surface area contributed by atoms with E-state index in [0.717, 1.165) is 19.5 Å². The molecule has 0 radical (unpaired) electrons. The van der Waals surface area contributed by atoms with Gasteiger partial charge in [0.15, 0.2) is 0 Å². The third-order valence-corrected chi connectivity index (χ3v) is 3.39. The van der Waals surface area contributed by atoms with Crippen LogP contribution in [0.15, 0.2) is 12.2 Å². The van der Waals surface area contributed by atoms with E-state index in [9.17, 15) is 4.79 Å². The highest BCUT2D eigenvalue weighted by molar-refractivity contribution is 5.85. The maximum atomic E-state index is 10.7. The van der Waals surface area contributed by atoms with E-state index in [1.54, 1.807) is 0 Å². The number of aliphatic carboxylic acids is 1. The summed E-state index contributed by atoms with van der Waals surface area (Å²) in [5.41, 5.74) is 0.327. The van der Waals surface area contributed by atoms with E-state index in [0.29, 0.717) is 18.0 Å². The molecule has 0 bridgehead atoms. The Bertz CT molecular complexity index is 243. The third-order valence-electron chi connectivity index (χ3n) is 3.39. The van der Waals surface area contributed by atoms with Crippen molar-refractivity contribution in [2.24, 2.45) is 0 Å². The number of carbonyl (C=O) groups is 1. The Kier molecular flexibility index (Phi) is 9.66. The fourth-order valence-corrected chi connectivity index (χ4v) is 1.95. The van der Waals surface area contributed by atoms with E-state index in [1.165, 1.54) is 25.7 Å². The molecule has 0 saturated heterocycles. The highest BCUT2D eigenvalue weighted by Crippen LogP contribution is 2.13. The summed E-state index contributed by atoms with van der Waals surface area (Å²) in [4.78, 5) is 13.2. The lowest BCUT2D eigenvalue weighted by atomic mass is 10.1. The zero-order valence-electron chi connectivity index (χ0n) is 12.2. The van der Waals surface area contributed by atoms with Gasteiger partial charge in [0.1, 0.15) is 0 Å². The second-order valence-corrected chi connectivity index (χ2v) is 5.04. The van der Waals surface area contributed by atoms with Gasteiger partial charge in [-0.25, -0.2) is 4.79 Å². The fraction of sp³-hybridized carbons (Fsp3) is 0.800. The van der Waals surface area contributed by atoms with Crippen molar-refractivity contribution in [3.63, 3.8) is 0 Å². The number of carboxylic acid groups (broad SMARTS) is 1. The molecule has 0 rings (SSSR count). The molecule has 0 aromatic rings. The zero-order valence-corrected chi connectivity index (χ0v) is 12.2. The van der Waals surface area contributed by atoms with Crippen LogP contribution in [0.3, 0.4) is 0 Å². The van der Waals surface area contributed by atoms with Crippen molar-refractivity contribution in [2.45, 2.75) is 65.3 Å². The van der Waals surface area contributed by atoms with Crippen molar-refractivity contribution < 1.29 is 9.90 Å². The van der Waals surface area contributed by atoms with Crippen LogP contribution in [0.4, 0.5) is 0 Å². The Morgan fingerprint density at radius 3 is 2.11 bits per heavy atom. The summed E-state index contributed by atoms with van der Waals surface area (Å²) in [6.45, 7) is 12.4. The molecule has 106 valence electrons. The molecule has 1 N–H and O–H groups in total. The first kappa shape index (κ1) is 17.2. The molecule has 1 unspecified atom stereocenters. The minimum atomic E-state index is -0.865. The molecule has 0 aromatic carbocycles. The average molecular weight is 255 g/mol. The van der Waals surface area contributed by atoms with Crippen LogP contribution in [-0.2, 0) is 4.79 Å². The minimum Gasteiger partial charge on any atom is -0.478 e. The first-order valence-electron chi connectivity index (χ1n) is 7.18. The molecular formula is C15H29NO2. The molecule has 0 aromatic heterocycles. The summed E-state index contributed by atoms with van der Waals surface area (Å²) < 4.78 is 0. The molecular weight excluding hydrogens is 226 g/mol. The SMILES string of the molecule is C=C(CCC(C)N(CCCC)CCCC)C(=O)O. The molecule has 0 aliphatic heterocycles. The summed E-state index contributed by atoms with van der Waals surface area (Å²) in [5, 5.41) is 8.80. The van der Waals surface area contributed by atoms with Crippen LogP contribution in [-0.4, -0.2) is 35.1 Å². The molecule has 1 atom stereocenters. The van der Waals surface area contributed by atoms with E-state index < -0.39 is 5.97 Å². The Balaban J connectivity index is 4.13. The van der Waals surface area contributed by atoms with Gasteiger partial charge >= 0.3 is 5.97 Å². The molecule has 0 aliphatic carbocycles. The van der Waals surface area contributed by atoms with Gasteiger partial charge in [-0.15, -0.1) is 0 Å². The Morgan fingerprint density at radius 1 is 1.22 bits per heavy atom. The van der Waals surface area contributed by atoms with Crippen molar-refractivity contribution in [1.29, 1.82) is 0 Å². The van der Waals surface area contributed by atoms with Gasteiger partial charge in [-0.1, -0.05) is 33.3 Å². The number of rotatable bonds is 11. The summed E-state index contributed by atoms with van der Waals surface area (Å²) >= 11 is 0. The van der Waals surface area contributed by atoms with E-state index in [-0.39, 0.29) is 0 Å². The number of unbranched alkanes of at least 4 members (excludes halogenated alkanes) is 2. The van der Waals surface area contributed by atoms with Gasteiger partial charge in [0.2, 0.25) is 0 Å². The summed E-state index contributed by atoms with van der Waals surface area (Å²) in [7, 11) is 0. The average Bonchev–Trinajstić information content (AvgIpc) is 2.35. The second kappa shape index (κ2) is 10.1. The van der Waals surface area contributed by atoms with Crippen LogP contribution >= 0.6 is 0 Å². The Labute approximate surface area is 112 Å². The highest BCUT2D eigenvalue weighted by Gasteiger charge is 2.14. The second-order valence-electron chi connectivity index (χ2n) is 5.04. The summed E-state index contributed by atoms with van der Waals surface area (Å²) in [6.07, 6.45) is 6.32. The predicted octanol–water partition coefficient (Wildman–Crippen LogP) is 3.70. The maximum Gasteiger partial charge on any atom is 0.330 e. The van der Waals surface area contributed by atoms with Crippen LogP contribution in [0.5, 0.6) is 0 Å². The quantitative estimate of drug-likeness (QED) is 0.572. The third kappa shape index (κ3) is 7.49. The topological polar surface area (TPSA) is 40.5 Å². The van der Waals surface area contributed by atoms with Gasteiger partial charge in [-0.2, -0.15) is 0 Å². The summed E-state index contributed by atoms with van der Waals surface area (Å²) in [6, 6.07) is 0.444. The Hall–Kier alpha value is -0.830. The molecule has 0 amide bonds. The maximum absolute atomic E-state index is 10.7. The standard InChI is InChI=1S/C15H29NO2/c1-5-7-11-16(12-8-6-2)14(4)10-9-13(3)15(17)18/h14H,3,5-12H2,1-2,4H3,(H,17,18). The van der Waals surface area contributed by atoms with Crippen molar-refractivity contribution in [1.82, 2.24) is 4.90 Å². The fourth-order valence-electron chi connectivity index (χ4n) is 1.95. The lowest BCUT2D eigenvalue weighted by Gasteiger charge is -2.29. The number of carboxylic acids is 1. The van der Waals surface area contributed by atoms with Gasteiger partial charge in [0.05, 0.1) is 0 Å². The van der Waals surface area contributed by atoms with Gasteiger partial charge in [0, 0.05) is 11.6 Å². The smallest absolute Gasteiger partial charge is 0.330 e. The predicted molar refractivity (Wildman–Crippen MR) is 76.9 cm³/mol. The van der Waals surface area contributed by atoms with Crippen molar-refractivity contribution in [3.8, 4) is 0 Å². The van der Waals surface area contributed by atoms with Crippen LogP contribution in [0.1, 0.15) is 59.3 Å². The first-order valence-corrected chi connectivity index (χ1v) is 7.18. The molecule has 0 spiro atoms. The van der Waals surface area contributed by atoms with Crippen LogP contribution in [0.25, 0.3) is 0 Å². The zero-order chi connectivity index (χ0) is 14.0. The molecule has 0 heterocycles. The lowest BCUT2D eigenvalue weighted by Crippen LogP contribution is -2.35.